The number of nitrogens with zero attached hydrogens (tertiary/aromatic N) is 2. The van der Waals surface area contributed by atoms with E-state index in [4.69, 9.17) is 23.2 Å². The smallest absolute Gasteiger partial charge is 0.350 e. The predicted octanol–water partition coefficient (Wildman–Crippen LogP) is 8.07. The SMILES string of the molecule is Cc1ccc(S(=O)(=O)N(CC(=O)N(Cc2cccc(Cl)c2)[C@@H](Cc2ccccc2)C(=O)NC(C)(C)C)c2ccc(Cl)c(C(F)(F)F)c2)cc1. The van der Waals surface area contributed by atoms with Crippen LogP contribution in [0.3, 0.4) is 0 Å². The van der Waals surface area contributed by atoms with Gasteiger partial charge >= 0.3 is 6.18 Å². The minimum atomic E-state index is -4.92. The highest BCUT2D eigenvalue weighted by Gasteiger charge is 2.38. The molecule has 0 fully saturated rings. The number of nitrogens with one attached hydrogen (secondary N) is 1. The highest BCUT2D eigenvalue weighted by Crippen LogP contribution is 2.38. The van der Waals surface area contributed by atoms with Gasteiger partial charge in [0.2, 0.25) is 11.8 Å². The molecule has 2 amide bonds. The number of carbonyl (C=O) groups is 2. The quantitative estimate of drug-likeness (QED) is 0.169. The zero-order chi connectivity index (χ0) is 36.1. The number of alkyl halides is 3. The lowest BCUT2D eigenvalue weighted by Crippen LogP contribution is -2.56. The molecule has 4 aromatic rings. The third kappa shape index (κ3) is 9.99. The van der Waals surface area contributed by atoms with E-state index in [-0.39, 0.29) is 17.9 Å². The molecule has 0 spiro atoms. The second kappa shape index (κ2) is 15.2. The van der Waals surface area contributed by atoms with E-state index in [1.54, 1.807) is 82.3 Å². The van der Waals surface area contributed by atoms with Crippen molar-refractivity contribution in [3.8, 4) is 0 Å². The molecule has 0 aliphatic carbocycles. The van der Waals surface area contributed by atoms with Gasteiger partial charge in [0.05, 0.1) is 21.2 Å². The second-order valence-electron chi connectivity index (χ2n) is 12.6. The first-order valence-corrected chi connectivity index (χ1v) is 17.4. The Balaban J connectivity index is 1.88. The maximum Gasteiger partial charge on any atom is 0.417 e. The number of carbonyl (C=O) groups excluding carboxylic acids is 2. The average Bonchev–Trinajstić information content (AvgIpc) is 3.01. The van der Waals surface area contributed by atoms with Crippen molar-refractivity contribution in [1.29, 1.82) is 0 Å². The van der Waals surface area contributed by atoms with E-state index in [2.05, 4.69) is 5.32 Å². The molecule has 0 aliphatic rings. The molecule has 13 heteroatoms. The van der Waals surface area contributed by atoms with E-state index in [0.29, 0.717) is 21.0 Å². The van der Waals surface area contributed by atoms with Gasteiger partial charge in [0.15, 0.2) is 0 Å². The Morgan fingerprint density at radius 2 is 1.47 bits per heavy atom. The summed E-state index contributed by atoms with van der Waals surface area (Å²) in [5, 5.41) is 2.65. The van der Waals surface area contributed by atoms with Crippen LogP contribution >= 0.6 is 23.2 Å². The van der Waals surface area contributed by atoms with Crippen LogP contribution in [0.5, 0.6) is 0 Å². The summed E-state index contributed by atoms with van der Waals surface area (Å²) in [6.45, 7) is 5.98. The van der Waals surface area contributed by atoms with Gasteiger partial charge in [0, 0.05) is 23.5 Å². The van der Waals surface area contributed by atoms with Crippen molar-refractivity contribution >= 4 is 50.7 Å². The highest BCUT2D eigenvalue weighted by molar-refractivity contribution is 7.92. The van der Waals surface area contributed by atoms with E-state index in [9.17, 15) is 31.2 Å². The third-order valence-corrected chi connectivity index (χ3v) is 9.80. The van der Waals surface area contributed by atoms with Crippen LogP contribution in [0.25, 0.3) is 0 Å². The lowest BCUT2D eigenvalue weighted by Gasteiger charge is -2.35. The van der Waals surface area contributed by atoms with E-state index in [0.717, 1.165) is 23.3 Å². The van der Waals surface area contributed by atoms with Gasteiger partial charge in [-0.05, 0) is 81.3 Å². The van der Waals surface area contributed by atoms with Crippen molar-refractivity contribution in [3.63, 3.8) is 0 Å². The summed E-state index contributed by atoms with van der Waals surface area (Å²) >= 11 is 12.1. The molecule has 0 aliphatic heterocycles. The number of halogens is 5. The van der Waals surface area contributed by atoms with E-state index in [1.807, 2.05) is 0 Å². The fraction of sp³-hybridized carbons (Fsp3) is 0.278. The molecule has 0 aromatic heterocycles. The van der Waals surface area contributed by atoms with E-state index >= 15 is 0 Å². The Morgan fingerprint density at radius 3 is 2.06 bits per heavy atom. The number of anilines is 1. The van der Waals surface area contributed by atoms with Crippen LogP contribution in [0.4, 0.5) is 18.9 Å². The number of amides is 2. The van der Waals surface area contributed by atoms with Gasteiger partial charge in [-0.3, -0.25) is 13.9 Å². The Hall–Kier alpha value is -4.06. The number of hydrogen-bond acceptors (Lipinski definition) is 4. The summed E-state index contributed by atoms with van der Waals surface area (Å²) < 4.78 is 70.9. The van der Waals surface area contributed by atoms with Gasteiger partial charge in [-0.15, -0.1) is 0 Å². The fourth-order valence-corrected chi connectivity index (χ4v) is 6.93. The molecule has 0 saturated carbocycles. The number of sulfonamides is 1. The maximum atomic E-state index is 14.6. The largest absolute Gasteiger partial charge is 0.417 e. The monoisotopic (exact) mass is 733 g/mol. The Kier molecular flexibility index (Phi) is 11.7. The first-order valence-electron chi connectivity index (χ1n) is 15.2. The summed E-state index contributed by atoms with van der Waals surface area (Å²) in [6, 6.07) is 22.7. The van der Waals surface area contributed by atoms with Crippen LogP contribution in [-0.4, -0.2) is 43.3 Å². The van der Waals surface area contributed by atoms with Gasteiger partial charge in [0.25, 0.3) is 10.0 Å². The zero-order valence-corrected chi connectivity index (χ0v) is 29.6. The van der Waals surface area contributed by atoms with Gasteiger partial charge < -0.3 is 10.2 Å². The van der Waals surface area contributed by atoms with Gasteiger partial charge in [-0.25, -0.2) is 8.42 Å². The summed E-state index contributed by atoms with van der Waals surface area (Å²) in [5.41, 5.74) is -0.403. The standard InChI is InChI=1S/C36H36Cl2F3N3O4S/c1-24-13-16-29(17-14-24)49(47,48)44(28-15-18-31(38)30(21-28)36(39,40)41)23-33(45)43(22-26-11-8-12-27(37)19-26)32(34(46)42-35(2,3)4)20-25-9-6-5-7-10-25/h5-19,21,32H,20,22-23H2,1-4H3,(H,42,46)/t32-/m0/s1. The molecular formula is C36H36Cl2F3N3O4S. The van der Waals surface area contributed by atoms with Crippen molar-refractivity contribution in [3.05, 3.63) is 129 Å². The minimum Gasteiger partial charge on any atom is -0.350 e. The number of hydrogen-bond donors (Lipinski definition) is 1. The first kappa shape index (κ1) is 37.8. The lowest BCUT2D eigenvalue weighted by molar-refractivity contribution is -0.140. The molecule has 4 rings (SSSR count). The molecule has 0 radical (unpaired) electrons. The van der Waals surface area contributed by atoms with Crippen molar-refractivity contribution in [2.45, 2.75) is 63.3 Å². The summed E-state index contributed by atoms with van der Waals surface area (Å²) in [6.07, 6.45) is -4.86. The number of aryl methyl sites for hydroxylation is 1. The molecular weight excluding hydrogens is 698 g/mol. The predicted molar refractivity (Wildman–Crippen MR) is 186 cm³/mol. The Bertz CT molecular complexity index is 1900. The topological polar surface area (TPSA) is 86.8 Å². The molecule has 0 heterocycles. The van der Waals surface area contributed by atoms with Crippen LogP contribution < -0.4 is 9.62 Å². The van der Waals surface area contributed by atoms with Crippen LogP contribution in [0.1, 0.15) is 43.0 Å². The number of rotatable bonds is 11. The molecule has 1 atom stereocenters. The molecule has 49 heavy (non-hydrogen) atoms. The Labute approximate surface area is 294 Å². The summed E-state index contributed by atoms with van der Waals surface area (Å²) in [5.74, 6) is -1.35. The molecule has 1 N–H and O–H groups in total. The molecule has 0 bridgehead atoms. The Morgan fingerprint density at radius 1 is 0.837 bits per heavy atom. The molecule has 4 aromatic carbocycles. The first-order chi connectivity index (χ1) is 22.8. The van der Waals surface area contributed by atoms with Crippen molar-refractivity contribution in [2.24, 2.45) is 0 Å². The summed E-state index contributed by atoms with van der Waals surface area (Å²) in [4.78, 5) is 29.5. The van der Waals surface area contributed by atoms with Crippen molar-refractivity contribution in [1.82, 2.24) is 10.2 Å². The molecule has 0 saturated heterocycles. The molecule has 7 nitrogen and oxygen atoms in total. The van der Waals surface area contributed by atoms with E-state index in [1.165, 1.54) is 29.2 Å². The van der Waals surface area contributed by atoms with Crippen LogP contribution in [0.2, 0.25) is 10.0 Å². The second-order valence-corrected chi connectivity index (χ2v) is 15.3. The third-order valence-electron chi connectivity index (χ3n) is 7.44. The number of benzene rings is 4. The fourth-order valence-electron chi connectivity index (χ4n) is 5.09. The van der Waals surface area contributed by atoms with Crippen molar-refractivity contribution < 1.29 is 31.2 Å². The van der Waals surface area contributed by atoms with E-state index < -0.39 is 62.4 Å². The highest BCUT2D eigenvalue weighted by atomic mass is 35.5. The average molecular weight is 735 g/mol. The van der Waals surface area contributed by atoms with Gasteiger partial charge in [0.1, 0.15) is 12.6 Å². The van der Waals surface area contributed by atoms with Crippen LogP contribution in [0, 0.1) is 6.92 Å². The maximum absolute atomic E-state index is 14.6. The van der Waals surface area contributed by atoms with Crippen LogP contribution in [-0.2, 0) is 38.8 Å². The minimum absolute atomic E-state index is 0.0545. The zero-order valence-electron chi connectivity index (χ0n) is 27.3. The normalized spacial score (nSPS) is 12.7. The lowest BCUT2D eigenvalue weighted by atomic mass is 10.0. The van der Waals surface area contributed by atoms with Crippen molar-refractivity contribution in [2.75, 3.05) is 10.8 Å². The summed E-state index contributed by atoms with van der Waals surface area (Å²) in [7, 11) is -4.63. The molecule has 260 valence electrons. The van der Waals surface area contributed by atoms with Gasteiger partial charge in [-0.2, -0.15) is 13.2 Å². The van der Waals surface area contributed by atoms with Gasteiger partial charge in [-0.1, -0.05) is 83.4 Å². The molecule has 0 unspecified atom stereocenters. The van der Waals surface area contributed by atoms with Crippen LogP contribution in [0.15, 0.2) is 102 Å².